The van der Waals surface area contributed by atoms with Crippen molar-refractivity contribution in [2.75, 3.05) is 14.2 Å². The fraction of sp³-hybridized carbons (Fsp3) is 0.294. The molecule has 1 aromatic carbocycles. The topological polar surface area (TPSA) is 52.6 Å². The molecule has 0 radical (unpaired) electrons. The lowest BCUT2D eigenvalue weighted by atomic mass is 9.71. The van der Waals surface area contributed by atoms with E-state index < -0.39 is 17.4 Å². The summed E-state index contributed by atoms with van der Waals surface area (Å²) in [4.78, 5) is 24.3. The largest absolute Gasteiger partial charge is 0.468 e. The van der Waals surface area contributed by atoms with Gasteiger partial charge in [0.15, 0.2) is 5.41 Å². The van der Waals surface area contributed by atoms with Crippen LogP contribution in [-0.4, -0.2) is 26.2 Å². The quantitative estimate of drug-likeness (QED) is 0.633. The maximum Gasteiger partial charge on any atom is 0.327 e. The minimum atomic E-state index is -1.41. The predicted octanol–water partition coefficient (Wildman–Crippen LogP) is 2.61. The van der Waals surface area contributed by atoms with E-state index in [4.69, 9.17) is 9.47 Å². The van der Waals surface area contributed by atoms with Gasteiger partial charge in [0.1, 0.15) is 0 Å². The molecule has 1 aliphatic carbocycles. The Morgan fingerprint density at radius 3 is 2.10 bits per heavy atom. The van der Waals surface area contributed by atoms with Gasteiger partial charge in [-0.05, 0) is 11.1 Å². The number of carbonyl (C=O) groups is 2. The fourth-order valence-corrected chi connectivity index (χ4v) is 2.58. The Bertz CT molecular complexity index is 582. The molecule has 21 heavy (non-hydrogen) atoms. The van der Waals surface area contributed by atoms with Gasteiger partial charge >= 0.3 is 11.9 Å². The summed E-state index contributed by atoms with van der Waals surface area (Å²) >= 11 is 0. The first-order valence-corrected chi connectivity index (χ1v) is 6.69. The molecule has 0 aromatic heterocycles. The Hall–Kier alpha value is -2.36. The van der Waals surface area contributed by atoms with E-state index in [1.807, 2.05) is 36.4 Å². The Kier molecular flexibility index (Phi) is 4.26. The van der Waals surface area contributed by atoms with E-state index in [9.17, 15) is 9.59 Å². The highest BCUT2D eigenvalue weighted by atomic mass is 16.5. The summed E-state index contributed by atoms with van der Waals surface area (Å²) in [6, 6.07) is 9.78. The molecule has 4 nitrogen and oxygen atoms in total. The average Bonchev–Trinajstić information content (AvgIpc) is 2.54. The third kappa shape index (κ3) is 2.49. The van der Waals surface area contributed by atoms with E-state index in [-0.39, 0.29) is 5.92 Å². The summed E-state index contributed by atoms with van der Waals surface area (Å²) in [6.07, 6.45) is 5.24. The van der Waals surface area contributed by atoms with Crippen LogP contribution < -0.4 is 0 Å². The standard InChI is InChI=1S/C17H18O4/c1-12-11-14(13-7-5-4-6-8-13)9-10-17(12,15(18)20-2)16(19)21-3/h4-12H,1-3H3. The number of ether oxygens (including phenoxy) is 2. The second-order valence-corrected chi connectivity index (χ2v) is 4.96. The van der Waals surface area contributed by atoms with Crippen molar-refractivity contribution in [1.29, 1.82) is 0 Å². The van der Waals surface area contributed by atoms with Gasteiger partial charge in [0.05, 0.1) is 14.2 Å². The van der Waals surface area contributed by atoms with Crippen LogP contribution in [0, 0.1) is 11.3 Å². The second kappa shape index (κ2) is 5.95. The van der Waals surface area contributed by atoms with Crippen molar-refractivity contribution in [2.45, 2.75) is 6.92 Å². The molecule has 1 unspecified atom stereocenters. The van der Waals surface area contributed by atoms with Crippen LogP contribution in [0.25, 0.3) is 5.57 Å². The summed E-state index contributed by atoms with van der Waals surface area (Å²) in [5, 5.41) is 0. The Morgan fingerprint density at radius 2 is 1.62 bits per heavy atom. The number of methoxy groups -OCH3 is 2. The monoisotopic (exact) mass is 286 g/mol. The fourth-order valence-electron chi connectivity index (χ4n) is 2.58. The van der Waals surface area contributed by atoms with E-state index in [1.165, 1.54) is 14.2 Å². The maximum absolute atomic E-state index is 12.1. The molecule has 0 bridgehead atoms. The van der Waals surface area contributed by atoms with Gasteiger partial charge in [0, 0.05) is 5.92 Å². The number of benzene rings is 1. The van der Waals surface area contributed by atoms with E-state index in [0.717, 1.165) is 11.1 Å². The number of hydrogen-bond acceptors (Lipinski definition) is 4. The Labute approximate surface area is 124 Å². The van der Waals surface area contributed by atoms with Gasteiger partial charge in [-0.25, -0.2) is 0 Å². The molecule has 1 atom stereocenters. The van der Waals surface area contributed by atoms with Crippen LogP contribution in [0.5, 0.6) is 0 Å². The van der Waals surface area contributed by atoms with Crippen molar-refractivity contribution in [2.24, 2.45) is 11.3 Å². The summed E-state index contributed by atoms with van der Waals surface area (Å²) in [7, 11) is 2.54. The average molecular weight is 286 g/mol. The number of hydrogen-bond donors (Lipinski definition) is 0. The zero-order valence-corrected chi connectivity index (χ0v) is 12.3. The SMILES string of the molecule is COC(=O)C1(C(=O)OC)C=CC(c2ccccc2)=CC1C. The zero-order chi connectivity index (χ0) is 15.5. The first-order valence-electron chi connectivity index (χ1n) is 6.69. The Morgan fingerprint density at radius 1 is 1.05 bits per heavy atom. The van der Waals surface area contributed by atoms with Crippen LogP contribution in [0.4, 0.5) is 0 Å². The number of allylic oxidation sites excluding steroid dienone is 3. The van der Waals surface area contributed by atoms with Gasteiger partial charge in [-0.3, -0.25) is 9.59 Å². The lowest BCUT2D eigenvalue weighted by Gasteiger charge is -2.32. The van der Waals surface area contributed by atoms with Crippen LogP contribution >= 0.6 is 0 Å². The first kappa shape index (κ1) is 15.0. The van der Waals surface area contributed by atoms with Crippen LogP contribution in [0.3, 0.4) is 0 Å². The van der Waals surface area contributed by atoms with Gasteiger partial charge in [0.2, 0.25) is 0 Å². The molecule has 1 aliphatic rings. The van der Waals surface area contributed by atoms with Crippen molar-refractivity contribution < 1.29 is 19.1 Å². The van der Waals surface area contributed by atoms with Gasteiger partial charge in [-0.15, -0.1) is 0 Å². The van der Waals surface area contributed by atoms with Crippen molar-refractivity contribution in [3.05, 3.63) is 54.1 Å². The number of esters is 2. The highest BCUT2D eigenvalue weighted by Gasteiger charge is 2.51. The Balaban J connectivity index is 2.43. The molecular weight excluding hydrogens is 268 g/mol. The molecule has 110 valence electrons. The zero-order valence-electron chi connectivity index (χ0n) is 12.3. The van der Waals surface area contributed by atoms with E-state index in [0.29, 0.717) is 0 Å². The molecule has 0 saturated heterocycles. The maximum atomic E-state index is 12.1. The summed E-state index contributed by atoms with van der Waals surface area (Å²) in [5.41, 5.74) is 0.581. The van der Waals surface area contributed by atoms with E-state index >= 15 is 0 Å². The van der Waals surface area contributed by atoms with Gasteiger partial charge in [-0.2, -0.15) is 0 Å². The molecule has 4 heteroatoms. The molecule has 0 heterocycles. The van der Waals surface area contributed by atoms with Gasteiger partial charge in [0.25, 0.3) is 0 Å². The molecule has 0 aliphatic heterocycles. The van der Waals surface area contributed by atoms with Crippen molar-refractivity contribution >= 4 is 17.5 Å². The highest BCUT2D eigenvalue weighted by molar-refractivity contribution is 6.04. The van der Waals surface area contributed by atoms with Crippen LogP contribution in [0.1, 0.15) is 12.5 Å². The summed E-state index contributed by atoms with van der Waals surface area (Å²) < 4.78 is 9.61. The molecule has 0 saturated carbocycles. The molecule has 0 N–H and O–H groups in total. The van der Waals surface area contributed by atoms with Crippen LogP contribution in [0.15, 0.2) is 48.6 Å². The third-order valence-corrected chi connectivity index (χ3v) is 3.83. The molecular formula is C17H18O4. The smallest absolute Gasteiger partial charge is 0.327 e. The van der Waals surface area contributed by atoms with Gasteiger partial charge in [-0.1, -0.05) is 55.5 Å². The van der Waals surface area contributed by atoms with Crippen LogP contribution in [-0.2, 0) is 19.1 Å². The first-order chi connectivity index (χ1) is 10.1. The second-order valence-electron chi connectivity index (χ2n) is 4.96. The number of carbonyl (C=O) groups excluding carboxylic acids is 2. The molecule has 1 aromatic rings. The predicted molar refractivity (Wildman–Crippen MR) is 79.2 cm³/mol. The minimum Gasteiger partial charge on any atom is -0.468 e. The van der Waals surface area contributed by atoms with Crippen molar-refractivity contribution in [1.82, 2.24) is 0 Å². The summed E-state index contributed by atoms with van der Waals surface area (Å²) in [5.74, 6) is -1.58. The molecule has 0 amide bonds. The lowest BCUT2D eigenvalue weighted by Crippen LogP contribution is -2.45. The van der Waals surface area contributed by atoms with E-state index in [1.54, 1.807) is 19.1 Å². The van der Waals surface area contributed by atoms with E-state index in [2.05, 4.69) is 0 Å². The van der Waals surface area contributed by atoms with Crippen LogP contribution in [0.2, 0.25) is 0 Å². The minimum absolute atomic E-state index is 0.363. The molecule has 2 rings (SSSR count). The van der Waals surface area contributed by atoms with Crippen molar-refractivity contribution in [3.8, 4) is 0 Å². The van der Waals surface area contributed by atoms with Gasteiger partial charge < -0.3 is 9.47 Å². The highest BCUT2D eigenvalue weighted by Crippen LogP contribution is 2.39. The van der Waals surface area contributed by atoms with Crippen molar-refractivity contribution in [3.63, 3.8) is 0 Å². The summed E-state index contributed by atoms with van der Waals surface area (Å²) in [6.45, 7) is 1.81. The lowest BCUT2D eigenvalue weighted by molar-refractivity contribution is -0.167. The molecule has 0 fully saturated rings. The third-order valence-electron chi connectivity index (χ3n) is 3.83. The molecule has 0 spiro atoms. The number of rotatable bonds is 3. The normalized spacial score (nSPS) is 19.6.